The molecule has 0 spiro atoms. The molecule has 1 aromatic rings. The van der Waals surface area contributed by atoms with Crippen molar-refractivity contribution in [3.05, 3.63) is 23.8 Å². The van der Waals surface area contributed by atoms with Gasteiger partial charge >= 0.3 is 0 Å². The maximum atomic E-state index is 6.25. The second kappa shape index (κ2) is 9.26. The average Bonchev–Trinajstić information content (AvgIpc) is 3.39. The van der Waals surface area contributed by atoms with Crippen LogP contribution in [0.1, 0.15) is 50.5 Å². The van der Waals surface area contributed by atoms with E-state index in [9.17, 15) is 0 Å². The van der Waals surface area contributed by atoms with Crippen LogP contribution in [0.3, 0.4) is 0 Å². The third-order valence-electron chi connectivity index (χ3n) is 6.43. The van der Waals surface area contributed by atoms with Crippen LogP contribution in [0.15, 0.2) is 18.2 Å². The molecule has 3 unspecified atom stereocenters. The van der Waals surface area contributed by atoms with E-state index in [0.29, 0.717) is 24.1 Å². The Kier molecular flexibility index (Phi) is 6.53. The first kappa shape index (κ1) is 19.0. The third kappa shape index (κ3) is 4.76. The van der Waals surface area contributed by atoms with Crippen LogP contribution in [0.25, 0.3) is 0 Å². The normalized spacial score (nSPS) is 29.1. The van der Waals surface area contributed by atoms with Gasteiger partial charge in [-0.15, -0.1) is 0 Å². The Bertz CT molecular complexity index is 597. The fourth-order valence-electron chi connectivity index (χ4n) is 4.94. The van der Waals surface area contributed by atoms with Crippen LogP contribution in [0.2, 0.25) is 0 Å². The van der Waals surface area contributed by atoms with Crippen molar-refractivity contribution in [2.24, 2.45) is 5.92 Å². The van der Waals surface area contributed by atoms with Crippen LogP contribution in [-0.2, 0) is 11.3 Å². The number of morpholine rings is 1. The van der Waals surface area contributed by atoms with Gasteiger partial charge in [-0.05, 0) is 62.1 Å². The van der Waals surface area contributed by atoms with E-state index in [1.807, 2.05) is 6.07 Å². The molecular weight excluding hydrogens is 340 g/mol. The summed E-state index contributed by atoms with van der Waals surface area (Å²) < 4.78 is 17.5. The number of methoxy groups -OCH3 is 1. The molecule has 1 heterocycles. The number of hydrogen-bond donors (Lipinski definition) is 2. The minimum Gasteiger partial charge on any atom is -0.493 e. The molecule has 5 heteroatoms. The Hall–Kier alpha value is -1.30. The lowest BCUT2D eigenvalue weighted by Crippen LogP contribution is -2.50. The molecule has 0 amide bonds. The molecule has 150 valence electrons. The van der Waals surface area contributed by atoms with Gasteiger partial charge in [0.2, 0.25) is 0 Å². The molecule has 5 nitrogen and oxygen atoms in total. The maximum Gasteiger partial charge on any atom is 0.161 e. The van der Waals surface area contributed by atoms with E-state index in [1.54, 1.807) is 7.11 Å². The molecule has 2 aliphatic carbocycles. The highest BCUT2D eigenvalue weighted by Crippen LogP contribution is 2.33. The Balaban J connectivity index is 1.36. The lowest BCUT2D eigenvalue weighted by molar-refractivity contribution is 0.0524. The van der Waals surface area contributed by atoms with Crippen molar-refractivity contribution in [1.82, 2.24) is 10.6 Å². The summed E-state index contributed by atoms with van der Waals surface area (Å²) in [6.45, 7) is 3.55. The van der Waals surface area contributed by atoms with Crippen LogP contribution in [0.5, 0.6) is 11.5 Å². The average molecular weight is 375 g/mol. The molecule has 2 N–H and O–H groups in total. The van der Waals surface area contributed by atoms with Crippen molar-refractivity contribution in [1.29, 1.82) is 0 Å². The number of ether oxygens (including phenoxy) is 3. The van der Waals surface area contributed by atoms with E-state index in [4.69, 9.17) is 14.2 Å². The molecule has 3 aliphatic rings. The van der Waals surface area contributed by atoms with E-state index < -0.39 is 0 Å². The van der Waals surface area contributed by atoms with Gasteiger partial charge in [0.05, 0.1) is 26.4 Å². The fourth-order valence-corrected chi connectivity index (χ4v) is 4.94. The predicted octanol–water partition coefficient (Wildman–Crippen LogP) is 3.26. The van der Waals surface area contributed by atoms with Crippen molar-refractivity contribution in [3.63, 3.8) is 0 Å². The minimum atomic E-state index is 0.346. The molecule has 0 radical (unpaired) electrons. The second-order valence-corrected chi connectivity index (χ2v) is 8.23. The zero-order valence-electron chi connectivity index (χ0n) is 16.5. The standard InChI is InChI=1S/C22H34N2O3/c1-25-21-10-9-16(13-22(21)27-17-5-2-3-6-17)14-24-19-8-4-7-18(19)20-15-26-12-11-23-20/h9-10,13,17-20,23-24H,2-8,11-12,14-15H2,1H3. The van der Waals surface area contributed by atoms with Crippen molar-refractivity contribution >= 4 is 0 Å². The summed E-state index contributed by atoms with van der Waals surface area (Å²) in [5.74, 6) is 2.40. The number of benzene rings is 1. The summed E-state index contributed by atoms with van der Waals surface area (Å²) in [6, 6.07) is 7.42. The first-order valence-corrected chi connectivity index (χ1v) is 10.7. The minimum absolute atomic E-state index is 0.346. The zero-order chi connectivity index (χ0) is 18.5. The highest BCUT2D eigenvalue weighted by molar-refractivity contribution is 5.43. The smallest absolute Gasteiger partial charge is 0.161 e. The van der Waals surface area contributed by atoms with Gasteiger partial charge in [-0.3, -0.25) is 0 Å². The quantitative estimate of drug-likeness (QED) is 0.767. The molecule has 1 saturated heterocycles. The van der Waals surface area contributed by atoms with Gasteiger partial charge in [0.15, 0.2) is 11.5 Å². The third-order valence-corrected chi connectivity index (χ3v) is 6.43. The van der Waals surface area contributed by atoms with Crippen LogP contribution in [-0.4, -0.2) is 45.1 Å². The first-order valence-electron chi connectivity index (χ1n) is 10.7. The van der Waals surface area contributed by atoms with Crippen molar-refractivity contribution in [3.8, 4) is 11.5 Å². The van der Waals surface area contributed by atoms with E-state index in [1.165, 1.54) is 37.7 Å². The molecular formula is C22H34N2O3. The van der Waals surface area contributed by atoms with Crippen LogP contribution >= 0.6 is 0 Å². The molecule has 2 saturated carbocycles. The highest BCUT2D eigenvalue weighted by atomic mass is 16.5. The number of nitrogens with one attached hydrogen (secondary N) is 2. The van der Waals surface area contributed by atoms with Crippen LogP contribution in [0.4, 0.5) is 0 Å². The molecule has 1 aliphatic heterocycles. The Morgan fingerprint density at radius 1 is 1.11 bits per heavy atom. The largest absolute Gasteiger partial charge is 0.493 e. The van der Waals surface area contributed by atoms with Crippen LogP contribution in [0, 0.1) is 5.92 Å². The lowest BCUT2D eigenvalue weighted by atomic mass is 9.94. The molecule has 4 rings (SSSR count). The van der Waals surface area contributed by atoms with E-state index in [-0.39, 0.29) is 0 Å². The van der Waals surface area contributed by atoms with Crippen LogP contribution < -0.4 is 20.1 Å². The van der Waals surface area contributed by atoms with Crippen molar-refractivity contribution in [2.45, 2.75) is 69.7 Å². The number of hydrogen-bond acceptors (Lipinski definition) is 5. The zero-order valence-corrected chi connectivity index (χ0v) is 16.5. The second-order valence-electron chi connectivity index (χ2n) is 8.23. The molecule has 27 heavy (non-hydrogen) atoms. The molecule has 0 bridgehead atoms. The Morgan fingerprint density at radius 3 is 2.78 bits per heavy atom. The van der Waals surface area contributed by atoms with E-state index in [0.717, 1.165) is 50.6 Å². The summed E-state index contributed by atoms with van der Waals surface area (Å²) in [4.78, 5) is 0. The SMILES string of the molecule is COc1ccc(CNC2CCCC2C2COCCN2)cc1OC1CCCC1. The Labute approximate surface area is 163 Å². The predicted molar refractivity (Wildman–Crippen MR) is 106 cm³/mol. The van der Waals surface area contributed by atoms with Gasteiger partial charge in [0.1, 0.15) is 0 Å². The summed E-state index contributed by atoms with van der Waals surface area (Å²) in [5, 5.41) is 7.46. The number of rotatable bonds is 7. The van der Waals surface area contributed by atoms with Crippen molar-refractivity contribution in [2.75, 3.05) is 26.9 Å². The maximum absolute atomic E-state index is 6.25. The first-order chi connectivity index (χ1) is 13.3. The van der Waals surface area contributed by atoms with Gasteiger partial charge in [0.25, 0.3) is 0 Å². The van der Waals surface area contributed by atoms with Gasteiger partial charge in [-0.25, -0.2) is 0 Å². The topological polar surface area (TPSA) is 51.8 Å². The summed E-state index contributed by atoms with van der Waals surface area (Å²) in [6.07, 6.45) is 9.06. The van der Waals surface area contributed by atoms with Gasteiger partial charge in [-0.1, -0.05) is 12.5 Å². The fraction of sp³-hybridized carbons (Fsp3) is 0.727. The summed E-state index contributed by atoms with van der Waals surface area (Å²) >= 11 is 0. The van der Waals surface area contributed by atoms with E-state index >= 15 is 0 Å². The van der Waals surface area contributed by atoms with Crippen molar-refractivity contribution < 1.29 is 14.2 Å². The van der Waals surface area contributed by atoms with Gasteiger partial charge in [-0.2, -0.15) is 0 Å². The van der Waals surface area contributed by atoms with Gasteiger partial charge < -0.3 is 24.8 Å². The molecule has 3 atom stereocenters. The molecule has 3 fully saturated rings. The summed E-state index contributed by atoms with van der Waals surface area (Å²) in [7, 11) is 1.72. The van der Waals surface area contributed by atoms with E-state index in [2.05, 4.69) is 22.8 Å². The molecule has 1 aromatic carbocycles. The summed E-state index contributed by atoms with van der Waals surface area (Å²) in [5.41, 5.74) is 1.27. The highest BCUT2D eigenvalue weighted by Gasteiger charge is 2.34. The van der Waals surface area contributed by atoms with Gasteiger partial charge in [0, 0.05) is 25.2 Å². The Morgan fingerprint density at radius 2 is 2.00 bits per heavy atom. The monoisotopic (exact) mass is 374 g/mol. The lowest BCUT2D eigenvalue weighted by Gasteiger charge is -2.33. The molecule has 0 aromatic heterocycles.